The molecule has 3 fully saturated rings. The van der Waals surface area contributed by atoms with Crippen molar-refractivity contribution in [1.29, 1.82) is 0 Å². The first-order chi connectivity index (χ1) is 19.1. The summed E-state index contributed by atoms with van der Waals surface area (Å²) in [5.74, 6) is -3.60. The van der Waals surface area contributed by atoms with Gasteiger partial charge in [-0.3, -0.25) is 9.59 Å². The summed E-state index contributed by atoms with van der Waals surface area (Å²) in [6.45, 7) is 11.3. The third-order valence-electron chi connectivity index (χ3n) is 9.95. The molecule has 41 heavy (non-hydrogen) atoms. The molecule has 3 aliphatic carbocycles. The van der Waals surface area contributed by atoms with Crippen LogP contribution in [0, 0.1) is 16.7 Å². The van der Waals surface area contributed by atoms with Gasteiger partial charge in [-0.2, -0.15) is 0 Å². The summed E-state index contributed by atoms with van der Waals surface area (Å²) in [4.78, 5) is 40.3. The van der Waals surface area contributed by atoms with Gasteiger partial charge in [-0.15, -0.1) is 0 Å². The Labute approximate surface area is 240 Å². The van der Waals surface area contributed by atoms with Crippen LogP contribution in [-0.4, -0.2) is 86.5 Å². The fourth-order valence-electron chi connectivity index (χ4n) is 7.66. The lowest BCUT2D eigenvalue weighted by molar-refractivity contribution is -0.345. The summed E-state index contributed by atoms with van der Waals surface area (Å²) in [6.07, 6.45) is -7.26. The fraction of sp³-hybridized carbons (Fsp3) is 0.645. The number of carbonyl (C=O) groups excluding carboxylic acids is 3. The Balaban J connectivity index is 0.00000189. The Kier molecular flexibility index (Phi) is 8.08. The number of rotatable bonds is 3. The zero-order valence-electron chi connectivity index (χ0n) is 24.7. The number of hydrogen-bond acceptors (Lipinski definition) is 10. The van der Waals surface area contributed by atoms with Gasteiger partial charge in [-0.05, 0) is 37.1 Å². The second-order valence-corrected chi connectivity index (χ2v) is 12.2. The lowest BCUT2D eigenvalue weighted by atomic mass is 9.44. The topological polar surface area (TPSA) is 160 Å². The Morgan fingerprint density at radius 1 is 1.05 bits per heavy atom. The van der Waals surface area contributed by atoms with Gasteiger partial charge in [0, 0.05) is 25.2 Å². The van der Waals surface area contributed by atoms with Gasteiger partial charge in [0.2, 0.25) is 0 Å². The molecule has 0 amide bonds. The summed E-state index contributed by atoms with van der Waals surface area (Å²) >= 11 is 0. The molecule has 10 nitrogen and oxygen atoms in total. The fourth-order valence-corrected chi connectivity index (χ4v) is 7.66. The van der Waals surface area contributed by atoms with Crippen LogP contribution in [0.5, 0.6) is 0 Å². The molecule has 0 aromatic heterocycles. The van der Waals surface area contributed by atoms with Gasteiger partial charge in [0.1, 0.15) is 23.9 Å². The molecule has 1 heterocycles. The van der Waals surface area contributed by atoms with Crippen LogP contribution >= 0.6 is 0 Å². The van der Waals surface area contributed by atoms with E-state index in [-0.39, 0.29) is 30.6 Å². The van der Waals surface area contributed by atoms with Crippen molar-refractivity contribution in [3.63, 3.8) is 0 Å². The summed E-state index contributed by atoms with van der Waals surface area (Å²) in [6, 6.07) is 8.08. The first-order valence-electron chi connectivity index (χ1n) is 14.2. The molecule has 4 N–H and O–H groups in total. The summed E-state index contributed by atoms with van der Waals surface area (Å²) < 4.78 is 17.7. The highest BCUT2D eigenvalue weighted by molar-refractivity contribution is 5.94. The lowest BCUT2D eigenvalue weighted by Gasteiger charge is -2.67. The van der Waals surface area contributed by atoms with Crippen molar-refractivity contribution >= 4 is 17.7 Å². The molecule has 10 heteroatoms. The number of Topliss-reactive ketones (excluding diaryl/α,β-unsaturated/α-hetero) is 1. The van der Waals surface area contributed by atoms with Crippen LogP contribution < -0.4 is 0 Å². The third kappa shape index (κ3) is 4.29. The molecule has 2 saturated carbocycles. The highest BCUT2D eigenvalue weighted by atomic mass is 16.6. The standard InChI is InChI=1S/C29H36O10.C2H6/c1-14-17(31)12-29(36)24(38-25(35)16-9-7-6-8-10-16)22-27(5,23(34)21(33)20(14)26(29,3)4)18(32)11-19-28(22,13-37-19)39-15(2)30;1-2/h6-10,17-19,21-22,24,31-33,36H,11-13H2,1-5H3;1-2H3/t17-,18-,19+,21+,22?,24-,27+,28-,29+;/m0./s1. The van der Waals surface area contributed by atoms with E-state index in [0.717, 1.165) is 0 Å². The maximum atomic E-state index is 14.3. The van der Waals surface area contributed by atoms with Crippen LogP contribution in [0.1, 0.15) is 71.7 Å². The summed E-state index contributed by atoms with van der Waals surface area (Å²) in [5.41, 5.74) is -6.24. The van der Waals surface area contributed by atoms with Crippen LogP contribution in [0.2, 0.25) is 0 Å². The van der Waals surface area contributed by atoms with E-state index in [4.69, 9.17) is 14.2 Å². The van der Waals surface area contributed by atoms with Crippen molar-refractivity contribution in [2.45, 2.75) is 103 Å². The normalized spacial score (nSPS) is 40.8. The van der Waals surface area contributed by atoms with Crippen molar-refractivity contribution in [1.82, 2.24) is 0 Å². The van der Waals surface area contributed by atoms with Crippen LogP contribution in [0.3, 0.4) is 0 Å². The largest absolute Gasteiger partial charge is 0.455 e. The molecule has 226 valence electrons. The minimum Gasteiger partial charge on any atom is -0.455 e. The van der Waals surface area contributed by atoms with Crippen LogP contribution in [0.15, 0.2) is 41.5 Å². The second kappa shape index (κ2) is 10.6. The summed E-state index contributed by atoms with van der Waals surface area (Å²) in [7, 11) is 0. The van der Waals surface area contributed by atoms with E-state index < -0.39 is 76.2 Å². The molecule has 1 aromatic carbocycles. The molecular weight excluding hydrogens is 532 g/mol. The third-order valence-corrected chi connectivity index (χ3v) is 9.95. The van der Waals surface area contributed by atoms with E-state index >= 15 is 0 Å². The Bertz CT molecular complexity index is 1240. The van der Waals surface area contributed by atoms with Crippen molar-refractivity contribution in [3.05, 3.63) is 47.0 Å². The Hall–Kier alpha value is -2.63. The Morgan fingerprint density at radius 3 is 2.20 bits per heavy atom. The molecule has 1 aromatic rings. The van der Waals surface area contributed by atoms with Crippen LogP contribution in [-0.2, 0) is 23.8 Å². The lowest BCUT2D eigenvalue weighted by Crippen LogP contribution is -2.81. The molecule has 1 saturated heterocycles. The maximum absolute atomic E-state index is 14.3. The monoisotopic (exact) mass is 574 g/mol. The van der Waals surface area contributed by atoms with Gasteiger partial charge < -0.3 is 34.6 Å². The maximum Gasteiger partial charge on any atom is 0.338 e. The summed E-state index contributed by atoms with van der Waals surface area (Å²) in [5, 5.41) is 46.7. The number of ketones is 1. The number of carbonyl (C=O) groups is 3. The predicted octanol–water partition coefficient (Wildman–Crippen LogP) is 2.11. The number of benzene rings is 1. The average molecular weight is 575 g/mol. The molecule has 0 radical (unpaired) electrons. The van der Waals surface area contributed by atoms with Gasteiger partial charge >= 0.3 is 11.9 Å². The Morgan fingerprint density at radius 2 is 1.66 bits per heavy atom. The molecule has 0 spiro atoms. The second-order valence-electron chi connectivity index (χ2n) is 12.2. The van der Waals surface area contributed by atoms with Gasteiger partial charge in [0.15, 0.2) is 11.4 Å². The van der Waals surface area contributed by atoms with Crippen LogP contribution in [0.4, 0.5) is 0 Å². The van der Waals surface area contributed by atoms with Crippen molar-refractivity contribution in [3.8, 4) is 0 Å². The highest BCUT2D eigenvalue weighted by Gasteiger charge is 2.77. The van der Waals surface area contributed by atoms with E-state index in [9.17, 15) is 34.8 Å². The minimum atomic E-state index is -2.07. The molecule has 2 bridgehead atoms. The first kappa shape index (κ1) is 31.3. The van der Waals surface area contributed by atoms with Crippen molar-refractivity contribution in [2.24, 2.45) is 16.7 Å². The molecular formula is C31H42O10. The van der Waals surface area contributed by atoms with Crippen molar-refractivity contribution in [2.75, 3.05) is 6.61 Å². The average Bonchev–Trinajstić information content (AvgIpc) is 2.92. The van der Waals surface area contributed by atoms with Crippen molar-refractivity contribution < 1.29 is 49.0 Å². The number of aliphatic hydroxyl groups excluding tert-OH is 3. The number of ether oxygens (including phenoxy) is 3. The zero-order valence-corrected chi connectivity index (χ0v) is 24.7. The van der Waals surface area contributed by atoms with E-state index in [2.05, 4.69) is 0 Å². The number of hydrogen-bond donors (Lipinski definition) is 4. The number of fused-ring (bicyclic) bond motifs is 5. The van der Waals surface area contributed by atoms with Gasteiger partial charge in [0.25, 0.3) is 0 Å². The molecule has 5 rings (SSSR count). The predicted molar refractivity (Wildman–Crippen MR) is 147 cm³/mol. The van der Waals surface area contributed by atoms with Gasteiger partial charge in [-0.25, -0.2) is 4.79 Å². The molecule has 1 aliphatic heterocycles. The van der Waals surface area contributed by atoms with Gasteiger partial charge in [0.05, 0.1) is 35.7 Å². The van der Waals surface area contributed by atoms with Gasteiger partial charge in [-0.1, -0.05) is 45.9 Å². The molecule has 9 atom stereocenters. The highest BCUT2D eigenvalue weighted by Crippen LogP contribution is 2.63. The van der Waals surface area contributed by atoms with E-state index in [1.807, 2.05) is 13.8 Å². The zero-order chi connectivity index (χ0) is 30.7. The SMILES string of the molecule is CC.CC(=O)O[C@@]12CO[C@@H]1C[C@H](O)[C@@]1(C)C(=O)[C@H](O)C3=C(C)[C@@H](O)C[C@@](O)([C@@H](OC(=O)c4ccccc4)C12)C3(C)C. The first-order valence-corrected chi connectivity index (χ1v) is 14.2. The number of aliphatic hydroxyl groups is 4. The van der Waals surface area contributed by atoms with E-state index in [0.29, 0.717) is 5.57 Å². The number of esters is 2. The smallest absolute Gasteiger partial charge is 0.338 e. The van der Waals surface area contributed by atoms with E-state index in [1.54, 1.807) is 39.0 Å². The minimum absolute atomic E-state index is 0.0828. The molecule has 4 aliphatic rings. The van der Waals surface area contributed by atoms with E-state index in [1.165, 1.54) is 26.0 Å². The van der Waals surface area contributed by atoms with Crippen LogP contribution in [0.25, 0.3) is 0 Å². The quantitative estimate of drug-likeness (QED) is 0.311. The molecule has 1 unspecified atom stereocenters.